The first-order chi connectivity index (χ1) is 9.97. The summed E-state index contributed by atoms with van der Waals surface area (Å²) in [6, 6.07) is 10.9. The number of phenols is 1. The maximum Gasteiger partial charge on any atom is 0.307 e. The Bertz CT molecular complexity index is 683. The van der Waals surface area contributed by atoms with Crippen LogP contribution in [0.4, 0.5) is 5.69 Å². The molecule has 0 heterocycles. The Morgan fingerprint density at radius 3 is 2.38 bits per heavy atom. The van der Waals surface area contributed by atoms with Crippen molar-refractivity contribution in [1.29, 1.82) is 0 Å². The van der Waals surface area contributed by atoms with E-state index in [0.717, 1.165) is 0 Å². The molecular formula is C15H12ClNO4. The molecule has 0 saturated carbocycles. The van der Waals surface area contributed by atoms with Crippen LogP contribution in [0.1, 0.15) is 15.9 Å². The largest absolute Gasteiger partial charge is 0.506 e. The minimum Gasteiger partial charge on any atom is -0.506 e. The van der Waals surface area contributed by atoms with Crippen molar-refractivity contribution in [2.75, 3.05) is 5.32 Å². The monoisotopic (exact) mass is 305 g/mol. The Labute approximate surface area is 125 Å². The third-order valence-corrected chi connectivity index (χ3v) is 3.10. The van der Waals surface area contributed by atoms with Crippen molar-refractivity contribution in [3.63, 3.8) is 0 Å². The number of aromatic hydroxyl groups is 1. The lowest BCUT2D eigenvalue weighted by atomic mass is 10.1. The Morgan fingerprint density at radius 2 is 1.76 bits per heavy atom. The van der Waals surface area contributed by atoms with E-state index in [2.05, 4.69) is 5.32 Å². The lowest BCUT2D eigenvalue weighted by Gasteiger charge is -2.08. The van der Waals surface area contributed by atoms with Crippen LogP contribution in [-0.2, 0) is 11.2 Å². The molecule has 2 aromatic rings. The summed E-state index contributed by atoms with van der Waals surface area (Å²) >= 11 is 5.74. The quantitative estimate of drug-likeness (QED) is 0.810. The molecule has 6 heteroatoms. The predicted octanol–water partition coefficient (Wildman–Crippen LogP) is 2.93. The van der Waals surface area contributed by atoms with Gasteiger partial charge in [-0.05, 0) is 29.8 Å². The summed E-state index contributed by atoms with van der Waals surface area (Å²) in [5.41, 5.74) is 1.19. The van der Waals surface area contributed by atoms with Crippen molar-refractivity contribution < 1.29 is 19.8 Å². The lowest BCUT2D eigenvalue weighted by molar-refractivity contribution is -0.136. The molecule has 0 saturated heterocycles. The molecule has 0 unspecified atom stereocenters. The number of carbonyl (C=O) groups is 2. The van der Waals surface area contributed by atoms with E-state index in [0.29, 0.717) is 11.3 Å². The number of hydrogen-bond donors (Lipinski definition) is 3. The molecule has 2 rings (SSSR count). The minimum atomic E-state index is -0.921. The zero-order chi connectivity index (χ0) is 15.4. The SMILES string of the molecule is O=C(O)Cc1ccc(NC(=O)c2cccc(Cl)c2O)cc1. The average molecular weight is 306 g/mol. The summed E-state index contributed by atoms with van der Waals surface area (Å²) in [6.45, 7) is 0. The minimum absolute atomic E-state index is 0.0668. The van der Waals surface area contributed by atoms with Crippen LogP contribution in [0.15, 0.2) is 42.5 Å². The predicted molar refractivity (Wildman–Crippen MR) is 78.9 cm³/mol. The van der Waals surface area contributed by atoms with E-state index in [1.165, 1.54) is 12.1 Å². The third kappa shape index (κ3) is 3.73. The van der Waals surface area contributed by atoms with Gasteiger partial charge >= 0.3 is 5.97 Å². The van der Waals surface area contributed by atoms with Gasteiger partial charge in [0.05, 0.1) is 17.0 Å². The van der Waals surface area contributed by atoms with Gasteiger partial charge < -0.3 is 15.5 Å². The van der Waals surface area contributed by atoms with Gasteiger partial charge in [0, 0.05) is 5.69 Å². The fourth-order valence-corrected chi connectivity index (χ4v) is 1.95. The van der Waals surface area contributed by atoms with Crippen LogP contribution in [0.5, 0.6) is 5.75 Å². The van der Waals surface area contributed by atoms with E-state index in [1.54, 1.807) is 30.3 Å². The van der Waals surface area contributed by atoms with E-state index in [1.807, 2.05) is 0 Å². The third-order valence-electron chi connectivity index (χ3n) is 2.80. The van der Waals surface area contributed by atoms with Crippen molar-refractivity contribution >= 4 is 29.2 Å². The molecular weight excluding hydrogens is 294 g/mol. The van der Waals surface area contributed by atoms with Gasteiger partial charge in [-0.25, -0.2) is 0 Å². The van der Waals surface area contributed by atoms with Crippen LogP contribution < -0.4 is 5.32 Å². The summed E-state index contributed by atoms with van der Waals surface area (Å²) in [5.74, 6) is -1.70. The zero-order valence-corrected chi connectivity index (χ0v) is 11.6. The van der Waals surface area contributed by atoms with Crippen LogP contribution >= 0.6 is 11.6 Å². The molecule has 0 fully saturated rings. The van der Waals surface area contributed by atoms with Gasteiger partial charge in [0.25, 0.3) is 5.91 Å². The molecule has 0 atom stereocenters. The van der Waals surface area contributed by atoms with E-state index in [-0.39, 0.29) is 22.8 Å². The highest BCUT2D eigenvalue weighted by Gasteiger charge is 2.13. The summed E-state index contributed by atoms with van der Waals surface area (Å²) in [5, 5.41) is 21.1. The van der Waals surface area contributed by atoms with E-state index < -0.39 is 11.9 Å². The molecule has 108 valence electrons. The Balaban J connectivity index is 2.12. The highest BCUT2D eigenvalue weighted by molar-refractivity contribution is 6.32. The smallest absolute Gasteiger partial charge is 0.307 e. The molecule has 0 spiro atoms. The normalized spacial score (nSPS) is 10.1. The van der Waals surface area contributed by atoms with Crippen LogP contribution in [0.25, 0.3) is 0 Å². The lowest BCUT2D eigenvalue weighted by Crippen LogP contribution is -2.12. The number of carbonyl (C=O) groups excluding carboxylic acids is 1. The number of benzene rings is 2. The summed E-state index contributed by atoms with van der Waals surface area (Å²) in [6.07, 6.45) is -0.0801. The van der Waals surface area contributed by atoms with Gasteiger partial charge in [-0.2, -0.15) is 0 Å². The number of phenolic OH excluding ortho intramolecular Hbond substituents is 1. The summed E-state index contributed by atoms with van der Waals surface area (Å²) < 4.78 is 0. The highest BCUT2D eigenvalue weighted by Crippen LogP contribution is 2.27. The number of hydrogen-bond acceptors (Lipinski definition) is 3. The maximum absolute atomic E-state index is 12.0. The first-order valence-corrected chi connectivity index (χ1v) is 6.44. The Hall–Kier alpha value is -2.53. The molecule has 5 nitrogen and oxygen atoms in total. The molecule has 0 aliphatic carbocycles. The zero-order valence-electron chi connectivity index (χ0n) is 10.8. The second kappa shape index (κ2) is 6.28. The molecule has 0 aromatic heterocycles. The van der Waals surface area contributed by atoms with Crippen molar-refractivity contribution in [3.8, 4) is 5.75 Å². The highest BCUT2D eigenvalue weighted by atomic mass is 35.5. The fraction of sp³-hybridized carbons (Fsp3) is 0.0667. The number of halogens is 1. The van der Waals surface area contributed by atoms with Crippen LogP contribution in [0.3, 0.4) is 0 Å². The van der Waals surface area contributed by atoms with Crippen molar-refractivity contribution in [3.05, 3.63) is 58.6 Å². The van der Waals surface area contributed by atoms with Crippen LogP contribution in [0, 0.1) is 0 Å². The van der Waals surface area contributed by atoms with Gasteiger partial charge in [-0.3, -0.25) is 9.59 Å². The van der Waals surface area contributed by atoms with Crippen molar-refractivity contribution in [2.24, 2.45) is 0 Å². The number of aliphatic carboxylic acids is 1. The molecule has 0 radical (unpaired) electrons. The second-order valence-electron chi connectivity index (χ2n) is 4.36. The fourth-order valence-electron chi connectivity index (χ4n) is 1.78. The molecule has 0 bridgehead atoms. The number of rotatable bonds is 4. The van der Waals surface area contributed by atoms with Gasteiger partial charge in [-0.1, -0.05) is 29.8 Å². The molecule has 1 amide bonds. The van der Waals surface area contributed by atoms with Gasteiger partial charge in [-0.15, -0.1) is 0 Å². The van der Waals surface area contributed by atoms with Crippen LogP contribution in [-0.4, -0.2) is 22.1 Å². The number of nitrogens with one attached hydrogen (secondary N) is 1. The number of anilines is 1. The van der Waals surface area contributed by atoms with E-state index in [9.17, 15) is 14.7 Å². The molecule has 0 aliphatic rings. The van der Waals surface area contributed by atoms with E-state index in [4.69, 9.17) is 16.7 Å². The molecule has 2 aromatic carbocycles. The number of carboxylic acids is 1. The second-order valence-corrected chi connectivity index (χ2v) is 4.76. The van der Waals surface area contributed by atoms with Crippen molar-refractivity contribution in [2.45, 2.75) is 6.42 Å². The topological polar surface area (TPSA) is 86.6 Å². The molecule has 3 N–H and O–H groups in total. The standard InChI is InChI=1S/C15H12ClNO4/c16-12-3-1-2-11(14(12)20)15(21)17-10-6-4-9(5-7-10)8-13(18)19/h1-7,20H,8H2,(H,17,21)(H,18,19). The molecule has 21 heavy (non-hydrogen) atoms. The van der Waals surface area contributed by atoms with Crippen LogP contribution in [0.2, 0.25) is 5.02 Å². The summed E-state index contributed by atoms with van der Waals surface area (Å²) in [7, 11) is 0. The number of carboxylic acid groups (broad SMARTS) is 1. The van der Waals surface area contributed by atoms with Gasteiger partial charge in [0.15, 0.2) is 0 Å². The number of para-hydroxylation sites is 1. The van der Waals surface area contributed by atoms with E-state index >= 15 is 0 Å². The van der Waals surface area contributed by atoms with Gasteiger partial charge in [0.1, 0.15) is 5.75 Å². The average Bonchev–Trinajstić information content (AvgIpc) is 2.43. The summed E-state index contributed by atoms with van der Waals surface area (Å²) in [4.78, 5) is 22.6. The number of amides is 1. The Kier molecular flexibility index (Phi) is 4.45. The Morgan fingerprint density at radius 1 is 1.10 bits per heavy atom. The maximum atomic E-state index is 12.0. The molecule has 0 aliphatic heterocycles. The van der Waals surface area contributed by atoms with Gasteiger partial charge in [0.2, 0.25) is 0 Å². The first-order valence-electron chi connectivity index (χ1n) is 6.07. The first kappa shape index (κ1) is 14.9. The van der Waals surface area contributed by atoms with Crippen molar-refractivity contribution in [1.82, 2.24) is 0 Å².